The van der Waals surface area contributed by atoms with Crippen molar-refractivity contribution in [2.75, 3.05) is 12.4 Å². The van der Waals surface area contributed by atoms with E-state index in [0.29, 0.717) is 11.3 Å². The van der Waals surface area contributed by atoms with Gasteiger partial charge in [0.1, 0.15) is 29.8 Å². The van der Waals surface area contributed by atoms with Crippen molar-refractivity contribution in [2.24, 2.45) is 5.11 Å². The van der Waals surface area contributed by atoms with Crippen molar-refractivity contribution in [3.8, 4) is 0 Å². The topological polar surface area (TPSA) is 125 Å². The Morgan fingerprint density at radius 1 is 1.46 bits per heavy atom. The van der Waals surface area contributed by atoms with E-state index < -0.39 is 42.4 Å². The number of aliphatic hydroxyl groups is 2. The molecule has 130 valence electrons. The molecule has 0 unspecified atom stereocenters. The number of nitrogens with zero attached hydrogens (tertiary/aromatic N) is 3. The summed E-state index contributed by atoms with van der Waals surface area (Å²) in [5.41, 5.74) is 8.50. The van der Waals surface area contributed by atoms with Gasteiger partial charge in [0, 0.05) is 4.91 Å². The summed E-state index contributed by atoms with van der Waals surface area (Å²) in [5.74, 6) is 0.0204. The molecule has 1 aromatic rings. The molecule has 0 bridgehead atoms. The predicted octanol–water partition coefficient (Wildman–Crippen LogP) is 1.72. The molecule has 2 rings (SSSR count). The Morgan fingerprint density at radius 2 is 2.17 bits per heavy atom. The second-order valence-electron chi connectivity index (χ2n) is 5.10. The summed E-state index contributed by atoms with van der Waals surface area (Å²) >= 11 is 1.35. The van der Waals surface area contributed by atoms with Crippen molar-refractivity contribution in [3.63, 3.8) is 0 Å². The quantitative estimate of drug-likeness (QED) is 0.347. The lowest BCUT2D eigenvalue weighted by molar-refractivity contribution is -0.167. The molecular formula is C15H19N3O5S. The SMILES string of the molecule is CCS[C@@H]1O[C@H](CO)[C@@H](O)[C@H](OC(=O)c2ccccc2)[C@H]1N=[N+]=[N-]. The minimum atomic E-state index is -1.30. The molecule has 1 saturated heterocycles. The van der Waals surface area contributed by atoms with Gasteiger partial charge in [0.05, 0.1) is 12.2 Å². The van der Waals surface area contributed by atoms with Gasteiger partial charge in [0.25, 0.3) is 0 Å². The van der Waals surface area contributed by atoms with Crippen molar-refractivity contribution < 1.29 is 24.5 Å². The van der Waals surface area contributed by atoms with Crippen LogP contribution in [0.1, 0.15) is 17.3 Å². The highest BCUT2D eigenvalue weighted by Gasteiger charge is 2.47. The van der Waals surface area contributed by atoms with Crippen molar-refractivity contribution in [3.05, 3.63) is 46.3 Å². The molecule has 2 N–H and O–H groups in total. The fourth-order valence-corrected chi connectivity index (χ4v) is 3.40. The van der Waals surface area contributed by atoms with Crippen LogP contribution in [0.25, 0.3) is 10.4 Å². The van der Waals surface area contributed by atoms with Crippen LogP contribution in [-0.2, 0) is 9.47 Å². The molecule has 1 aliphatic heterocycles. The number of carbonyl (C=O) groups excluding carboxylic acids is 1. The van der Waals surface area contributed by atoms with Gasteiger partial charge >= 0.3 is 5.97 Å². The number of aliphatic hydroxyl groups excluding tert-OH is 2. The Hall–Kier alpha value is -1.77. The normalized spacial score (nSPS) is 29.5. The third-order valence-corrected chi connectivity index (χ3v) is 4.64. The predicted molar refractivity (Wildman–Crippen MR) is 88.5 cm³/mol. The van der Waals surface area contributed by atoms with Gasteiger partial charge in [-0.25, -0.2) is 4.79 Å². The molecule has 1 fully saturated rings. The van der Waals surface area contributed by atoms with Gasteiger partial charge in [0.15, 0.2) is 0 Å². The number of carbonyl (C=O) groups is 1. The minimum absolute atomic E-state index is 0.316. The maximum atomic E-state index is 12.3. The number of benzene rings is 1. The maximum Gasteiger partial charge on any atom is 0.338 e. The first-order valence-corrected chi connectivity index (χ1v) is 8.53. The van der Waals surface area contributed by atoms with E-state index in [4.69, 9.17) is 15.0 Å². The summed E-state index contributed by atoms with van der Waals surface area (Å²) in [4.78, 5) is 15.1. The average Bonchev–Trinajstić information content (AvgIpc) is 2.61. The van der Waals surface area contributed by atoms with E-state index in [9.17, 15) is 15.0 Å². The second kappa shape index (κ2) is 8.91. The largest absolute Gasteiger partial charge is 0.455 e. The summed E-state index contributed by atoms with van der Waals surface area (Å²) in [7, 11) is 0. The van der Waals surface area contributed by atoms with Crippen molar-refractivity contribution in [1.29, 1.82) is 0 Å². The Labute approximate surface area is 143 Å². The highest BCUT2D eigenvalue weighted by molar-refractivity contribution is 7.99. The van der Waals surface area contributed by atoms with Crippen LogP contribution in [0.2, 0.25) is 0 Å². The zero-order valence-corrected chi connectivity index (χ0v) is 13.9. The molecule has 0 aliphatic carbocycles. The number of thioether (sulfide) groups is 1. The minimum Gasteiger partial charge on any atom is -0.455 e. The van der Waals surface area contributed by atoms with Crippen LogP contribution in [0.5, 0.6) is 0 Å². The lowest BCUT2D eigenvalue weighted by Crippen LogP contribution is -2.58. The van der Waals surface area contributed by atoms with Crippen molar-refractivity contribution >= 4 is 17.7 Å². The number of azide groups is 1. The molecule has 8 nitrogen and oxygen atoms in total. The van der Waals surface area contributed by atoms with E-state index in [2.05, 4.69) is 10.0 Å². The first-order valence-electron chi connectivity index (χ1n) is 7.48. The van der Waals surface area contributed by atoms with E-state index in [1.807, 2.05) is 6.92 Å². The summed E-state index contributed by atoms with van der Waals surface area (Å²) < 4.78 is 11.0. The maximum absolute atomic E-state index is 12.3. The van der Waals surface area contributed by atoms with E-state index in [1.165, 1.54) is 11.8 Å². The molecule has 24 heavy (non-hydrogen) atoms. The molecule has 1 heterocycles. The van der Waals surface area contributed by atoms with Gasteiger partial charge in [-0.1, -0.05) is 30.2 Å². The Bertz CT molecular complexity index is 596. The summed E-state index contributed by atoms with van der Waals surface area (Å²) in [6.45, 7) is 1.45. The van der Waals surface area contributed by atoms with Gasteiger partial charge < -0.3 is 19.7 Å². The van der Waals surface area contributed by atoms with Crippen molar-refractivity contribution in [1.82, 2.24) is 0 Å². The molecule has 0 amide bonds. The van der Waals surface area contributed by atoms with Gasteiger partial charge in [-0.05, 0) is 23.4 Å². The smallest absolute Gasteiger partial charge is 0.338 e. The summed E-state index contributed by atoms with van der Waals surface area (Å²) in [6.07, 6.45) is -3.33. The number of hydrogen-bond donors (Lipinski definition) is 2. The molecule has 5 atom stereocenters. The van der Waals surface area contributed by atoms with Gasteiger partial charge in [-0.15, -0.1) is 11.8 Å². The van der Waals surface area contributed by atoms with Gasteiger partial charge in [-0.2, -0.15) is 0 Å². The number of esters is 1. The molecule has 0 aromatic heterocycles. The summed E-state index contributed by atoms with van der Waals surface area (Å²) in [6, 6.07) is 7.41. The van der Waals surface area contributed by atoms with Crippen LogP contribution < -0.4 is 0 Å². The Kier molecular flexibility index (Phi) is 6.89. The zero-order valence-electron chi connectivity index (χ0n) is 13.1. The van der Waals surface area contributed by atoms with E-state index in [1.54, 1.807) is 30.3 Å². The van der Waals surface area contributed by atoms with E-state index in [-0.39, 0.29) is 0 Å². The van der Waals surface area contributed by atoms with Crippen LogP contribution in [0.15, 0.2) is 35.4 Å². The molecule has 0 spiro atoms. The highest BCUT2D eigenvalue weighted by Crippen LogP contribution is 2.32. The molecule has 1 aromatic carbocycles. The standard InChI is InChI=1S/C15H19N3O5S/c1-2-24-15-11(17-18-16)13(12(20)10(8-19)22-15)23-14(21)9-6-4-3-5-7-9/h3-7,10-13,15,19-20H,2,8H2,1H3/t10-,11-,12-,13-,15+/m1/s1. The van der Waals surface area contributed by atoms with Crippen LogP contribution in [0.3, 0.4) is 0 Å². The molecule has 1 aliphatic rings. The molecular weight excluding hydrogens is 334 g/mol. The van der Waals surface area contributed by atoms with Gasteiger partial charge in [0.2, 0.25) is 0 Å². The number of ether oxygens (including phenoxy) is 2. The average molecular weight is 353 g/mol. The fraction of sp³-hybridized carbons (Fsp3) is 0.533. The monoisotopic (exact) mass is 353 g/mol. The number of hydrogen-bond acceptors (Lipinski definition) is 7. The third kappa shape index (κ3) is 4.19. The highest BCUT2D eigenvalue weighted by atomic mass is 32.2. The third-order valence-electron chi connectivity index (χ3n) is 3.59. The molecule has 0 saturated carbocycles. The number of rotatable bonds is 6. The zero-order chi connectivity index (χ0) is 17.5. The van der Waals surface area contributed by atoms with Gasteiger partial charge in [-0.3, -0.25) is 0 Å². The van der Waals surface area contributed by atoms with E-state index >= 15 is 0 Å². The van der Waals surface area contributed by atoms with Crippen molar-refractivity contribution in [2.45, 2.75) is 36.7 Å². The molecule has 0 radical (unpaired) electrons. The van der Waals surface area contributed by atoms with Crippen LogP contribution >= 0.6 is 11.8 Å². The Morgan fingerprint density at radius 3 is 2.75 bits per heavy atom. The first kappa shape index (κ1) is 18.6. The van der Waals surface area contributed by atoms with E-state index in [0.717, 1.165) is 0 Å². The lowest BCUT2D eigenvalue weighted by atomic mass is 9.98. The fourth-order valence-electron chi connectivity index (χ4n) is 2.44. The van der Waals surface area contributed by atoms with Crippen LogP contribution in [-0.4, -0.2) is 58.3 Å². The van der Waals surface area contributed by atoms with Crippen LogP contribution in [0.4, 0.5) is 0 Å². The summed E-state index contributed by atoms with van der Waals surface area (Å²) in [5, 5.41) is 23.4. The second-order valence-corrected chi connectivity index (χ2v) is 6.48. The lowest BCUT2D eigenvalue weighted by Gasteiger charge is -2.41. The Balaban J connectivity index is 2.26. The molecule has 9 heteroatoms. The van der Waals surface area contributed by atoms with Crippen LogP contribution in [0, 0.1) is 0 Å². The first-order chi connectivity index (χ1) is 11.6.